The van der Waals surface area contributed by atoms with E-state index in [2.05, 4.69) is 14.9 Å². The van der Waals surface area contributed by atoms with E-state index in [1.54, 1.807) is 19.4 Å². The Kier molecular flexibility index (Phi) is 4.65. The number of aromatic nitrogens is 2. The second-order valence-corrected chi connectivity index (χ2v) is 5.90. The van der Waals surface area contributed by atoms with Gasteiger partial charge in [-0.25, -0.2) is 4.98 Å². The highest BCUT2D eigenvalue weighted by molar-refractivity contribution is 5.76. The van der Waals surface area contributed by atoms with Crippen LogP contribution in [0.3, 0.4) is 0 Å². The van der Waals surface area contributed by atoms with Crippen molar-refractivity contribution in [2.24, 2.45) is 11.3 Å². The average Bonchev–Trinajstić information content (AvgIpc) is 2.54. The van der Waals surface area contributed by atoms with Crippen LogP contribution in [0.25, 0.3) is 0 Å². The van der Waals surface area contributed by atoms with E-state index in [9.17, 15) is 4.79 Å². The number of methoxy groups -OCH3 is 2. The van der Waals surface area contributed by atoms with E-state index in [1.165, 1.54) is 7.11 Å². The number of rotatable bonds is 4. The Morgan fingerprint density at radius 1 is 1.43 bits per heavy atom. The van der Waals surface area contributed by atoms with Gasteiger partial charge in [-0.3, -0.25) is 4.79 Å². The molecule has 2 heterocycles. The zero-order chi connectivity index (χ0) is 15.5. The molecule has 6 heteroatoms. The van der Waals surface area contributed by atoms with Crippen molar-refractivity contribution in [3.05, 3.63) is 12.3 Å². The summed E-state index contributed by atoms with van der Waals surface area (Å²) in [5.41, 5.74) is -0.508. The maximum atomic E-state index is 12.0. The van der Waals surface area contributed by atoms with Crippen molar-refractivity contribution in [1.82, 2.24) is 9.97 Å². The highest BCUT2D eigenvalue weighted by atomic mass is 16.5. The number of nitrogens with zero attached hydrogens (tertiary/aromatic N) is 3. The van der Waals surface area contributed by atoms with Gasteiger partial charge >= 0.3 is 5.97 Å². The molecule has 0 aromatic carbocycles. The molecule has 0 radical (unpaired) electrons. The Morgan fingerprint density at radius 3 is 2.86 bits per heavy atom. The molecule has 1 fully saturated rings. The second-order valence-electron chi connectivity index (χ2n) is 5.90. The minimum atomic E-state index is -0.508. The largest absolute Gasteiger partial charge is 0.481 e. The van der Waals surface area contributed by atoms with E-state index in [0.717, 1.165) is 25.9 Å². The van der Waals surface area contributed by atoms with Crippen molar-refractivity contribution in [2.75, 3.05) is 32.2 Å². The van der Waals surface area contributed by atoms with Crippen molar-refractivity contribution in [3.8, 4) is 5.88 Å². The molecular weight excluding hydrogens is 270 g/mol. The summed E-state index contributed by atoms with van der Waals surface area (Å²) in [6.07, 6.45) is 3.70. The third kappa shape index (κ3) is 3.25. The van der Waals surface area contributed by atoms with Gasteiger partial charge in [0, 0.05) is 25.4 Å². The minimum Gasteiger partial charge on any atom is -0.481 e. The lowest BCUT2D eigenvalue weighted by molar-refractivity contribution is -0.154. The standard InChI is InChI=1S/C15H23N3O3/c1-15(2,13(19)21-4)11-6-5-9-18(10-11)14-16-8-7-12(17-14)20-3/h7-8,11H,5-6,9-10H2,1-4H3. The SMILES string of the molecule is COC(=O)C(C)(C)C1CCCN(c2nccc(OC)n2)C1. The molecule has 0 amide bonds. The van der Waals surface area contributed by atoms with Crippen LogP contribution in [0.2, 0.25) is 0 Å². The monoisotopic (exact) mass is 293 g/mol. The van der Waals surface area contributed by atoms with Crippen LogP contribution in [-0.2, 0) is 9.53 Å². The topological polar surface area (TPSA) is 64.5 Å². The third-order valence-electron chi connectivity index (χ3n) is 4.26. The fourth-order valence-electron chi connectivity index (χ4n) is 2.78. The summed E-state index contributed by atoms with van der Waals surface area (Å²) in [4.78, 5) is 22.8. The number of ether oxygens (including phenoxy) is 2. The molecule has 0 saturated carbocycles. The van der Waals surface area contributed by atoms with Gasteiger partial charge in [-0.1, -0.05) is 0 Å². The van der Waals surface area contributed by atoms with Crippen LogP contribution in [0.4, 0.5) is 5.95 Å². The van der Waals surface area contributed by atoms with Gasteiger partial charge in [-0.2, -0.15) is 4.98 Å². The smallest absolute Gasteiger partial charge is 0.311 e. The molecule has 1 aliphatic rings. The Bertz CT molecular complexity index is 505. The predicted molar refractivity (Wildman–Crippen MR) is 79.3 cm³/mol. The maximum absolute atomic E-state index is 12.0. The molecular formula is C15H23N3O3. The van der Waals surface area contributed by atoms with E-state index in [1.807, 2.05) is 13.8 Å². The minimum absolute atomic E-state index is 0.166. The number of carbonyl (C=O) groups excluding carboxylic acids is 1. The molecule has 0 spiro atoms. The van der Waals surface area contributed by atoms with Gasteiger partial charge in [-0.15, -0.1) is 0 Å². The van der Waals surface area contributed by atoms with E-state index in [-0.39, 0.29) is 11.9 Å². The van der Waals surface area contributed by atoms with E-state index in [4.69, 9.17) is 9.47 Å². The molecule has 1 aliphatic heterocycles. The van der Waals surface area contributed by atoms with Gasteiger partial charge in [0.05, 0.1) is 19.6 Å². The highest BCUT2D eigenvalue weighted by Gasteiger charge is 2.40. The fraction of sp³-hybridized carbons (Fsp3) is 0.667. The van der Waals surface area contributed by atoms with Crippen LogP contribution in [0.1, 0.15) is 26.7 Å². The normalized spacial score (nSPS) is 19.2. The molecule has 1 aromatic heterocycles. The first kappa shape index (κ1) is 15.5. The first-order chi connectivity index (χ1) is 9.98. The fourth-order valence-corrected chi connectivity index (χ4v) is 2.78. The summed E-state index contributed by atoms with van der Waals surface area (Å²) < 4.78 is 10.1. The summed E-state index contributed by atoms with van der Waals surface area (Å²) in [6, 6.07) is 1.73. The highest BCUT2D eigenvalue weighted by Crippen LogP contribution is 2.35. The van der Waals surface area contributed by atoms with Crippen LogP contribution in [0, 0.1) is 11.3 Å². The van der Waals surface area contributed by atoms with E-state index >= 15 is 0 Å². The zero-order valence-electron chi connectivity index (χ0n) is 13.1. The van der Waals surface area contributed by atoms with E-state index < -0.39 is 5.41 Å². The lowest BCUT2D eigenvalue weighted by Gasteiger charge is -2.39. The summed E-state index contributed by atoms with van der Waals surface area (Å²) in [6.45, 7) is 5.52. The predicted octanol–water partition coefficient (Wildman–Crippen LogP) is 1.90. The molecule has 0 N–H and O–H groups in total. The van der Waals surface area contributed by atoms with Crippen molar-refractivity contribution in [3.63, 3.8) is 0 Å². The quantitative estimate of drug-likeness (QED) is 0.790. The Balaban J connectivity index is 2.15. The van der Waals surface area contributed by atoms with Crippen molar-refractivity contribution in [2.45, 2.75) is 26.7 Å². The average molecular weight is 293 g/mol. The zero-order valence-corrected chi connectivity index (χ0v) is 13.1. The number of hydrogen-bond acceptors (Lipinski definition) is 6. The lowest BCUT2D eigenvalue weighted by Crippen LogP contribution is -2.45. The molecule has 1 atom stereocenters. The molecule has 6 nitrogen and oxygen atoms in total. The first-order valence-corrected chi connectivity index (χ1v) is 7.19. The molecule has 1 aromatic rings. The van der Waals surface area contributed by atoms with Gasteiger partial charge in [0.2, 0.25) is 11.8 Å². The summed E-state index contributed by atoms with van der Waals surface area (Å²) in [7, 11) is 3.03. The Morgan fingerprint density at radius 2 is 2.19 bits per heavy atom. The number of carbonyl (C=O) groups is 1. The molecule has 21 heavy (non-hydrogen) atoms. The van der Waals surface area contributed by atoms with Crippen LogP contribution in [0.15, 0.2) is 12.3 Å². The van der Waals surface area contributed by atoms with Gasteiger partial charge in [0.25, 0.3) is 0 Å². The van der Waals surface area contributed by atoms with Crippen molar-refractivity contribution < 1.29 is 14.3 Å². The molecule has 0 aliphatic carbocycles. The first-order valence-electron chi connectivity index (χ1n) is 7.19. The van der Waals surface area contributed by atoms with Gasteiger partial charge < -0.3 is 14.4 Å². The Labute approximate surface area is 125 Å². The van der Waals surface area contributed by atoms with Crippen LogP contribution in [-0.4, -0.2) is 43.2 Å². The number of piperidine rings is 1. The molecule has 116 valence electrons. The number of esters is 1. The lowest BCUT2D eigenvalue weighted by atomic mass is 9.74. The van der Waals surface area contributed by atoms with Gasteiger partial charge in [-0.05, 0) is 32.6 Å². The summed E-state index contributed by atoms with van der Waals surface area (Å²) >= 11 is 0. The maximum Gasteiger partial charge on any atom is 0.311 e. The molecule has 0 bridgehead atoms. The van der Waals surface area contributed by atoms with Gasteiger partial charge in [0.1, 0.15) is 0 Å². The molecule has 1 saturated heterocycles. The van der Waals surface area contributed by atoms with Gasteiger partial charge in [0.15, 0.2) is 0 Å². The number of hydrogen-bond donors (Lipinski definition) is 0. The number of anilines is 1. The van der Waals surface area contributed by atoms with E-state index in [0.29, 0.717) is 11.8 Å². The summed E-state index contributed by atoms with van der Waals surface area (Å²) in [5, 5.41) is 0. The Hall–Kier alpha value is -1.85. The van der Waals surface area contributed by atoms with Crippen molar-refractivity contribution >= 4 is 11.9 Å². The third-order valence-corrected chi connectivity index (χ3v) is 4.26. The summed E-state index contributed by atoms with van der Waals surface area (Å²) in [5.74, 6) is 1.25. The van der Waals surface area contributed by atoms with Crippen LogP contribution < -0.4 is 9.64 Å². The molecule has 2 rings (SSSR count). The van der Waals surface area contributed by atoms with Crippen LogP contribution in [0.5, 0.6) is 5.88 Å². The van der Waals surface area contributed by atoms with Crippen molar-refractivity contribution in [1.29, 1.82) is 0 Å². The molecule has 1 unspecified atom stereocenters. The van der Waals surface area contributed by atoms with Crippen LogP contribution >= 0.6 is 0 Å². The second kappa shape index (κ2) is 6.28.